The van der Waals surface area contributed by atoms with Crippen LogP contribution in [0, 0.1) is 5.82 Å². The Kier molecular flexibility index (Phi) is 5.73. The number of hydrogen-bond acceptors (Lipinski definition) is 2. The highest BCUT2D eigenvalue weighted by atomic mass is 32.2. The van der Waals surface area contributed by atoms with Crippen LogP contribution in [0.2, 0.25) is 0 Å². The molecule has 0 saturated heterocycles. The van der Waals surface area contributed by atoms with Gasteiger partial charge in [-0.1, -0.05) is 12.5 Å². The fraction of sp³-hybridized carbons (Fsp3) is 0.500. The molecule has 0 saturated carbocycles. The Morgan fingerprint density at radius 3 is 2.87 bits per heavy atom. The molecule has 0 aliphatic rings. The monoisotopic (exact) mass is 227 g/mol. The van der Waals surface area contributed by atoms with Gasteiger partial charge in [0, 0.05) is 10.9 Å². The molecule has 0 spiro atoms. The molecule has 15 heavy (non-hydrogen) atoms. The summed E-state index contributed by atoms with van der Waals surface area (Å²) in [4.78, 5) is 1.01. The van der Waals surface area contributed by atoms with Crippen molar-refractivity contribution in [3.8, 4) is 0 Å². The molecular formula is C12H18FNS. The molecule has 1 aromatic carbocycles. The summed E-state index contributed by atoms with van der Waals surface area (Å²) in [7, 11) is 0. The summed E-state index contributed by atoms with van der Waals surface area (Å²) in [5, 5.41) is 0. The molecule has 84 valence electrons. The number of nitrogens with two attached hydrogens (primary N) is 1. The smallest absolute Gasteiger partial charge is 0.124 e. The third-order valence-electron chi connectivity index (χ3n) is 2.12. The first-order valence-corrected chi connectivity index (χ1v) is 6.31. The lowest BCUT2D eigenvalue weighted by Crippen LogP contribution is -2.13. The van der Waals surface area contributed by atoms with Crippen LogP contribution in [0.5, 0.6) is 0 Å². The van der Waals surface area contributed by atoms with E-state index < -0.39 is 0 Å². The normalized spacial score (nSPS) is 12.7. The van der Waals surface area contributed by atoms with E-state index in [1.165, 1.54) is 6.07 Å². The molecule has 2 N–H and O–H groups in total. The number of hydrogen-bond donors (Lipinski definition) is 1. The van der Waals surface area contributed by atoms with E-state index in [4.69, 9.17) is 5.73 Å². The van der Waals surface area contributed by atoms with E-state index in [0.29, 0.717) is 6.04 Å². The van der Waals surface area contributed by atoms with Crippen LogP contribution in [-0.4, -0.2) is 11.8 Å². The standard InChI is InChI=1S/C12H18FNS/c1-10(14)5-2-3-8-15-12-7-4-6-11(13)9-12/h4,6-7,9-10H,2-3,5,8,14H2,1H3. The molecule has 3 heteroatoms. The number of thioether (sulfide) groups is 1. The van der Waals surface area contributed by atoms with E-state index in [1.807, 2.05) is 13.0 Å². The molecule has 0 bridgehead atoms. The van der Waals surface area contributed by atoms with Crippen LogP contribution in [-0.2, 0) is 0 Å². The summed E-state index contributed by atoms with van der Waals surface area (Å²) in [6.07, 6.45) is 3.37. The zero-order valence-electron chi connectivity index (χ0n) is 9.08. The van der Waals surface area contributed by atoms with E-state index in [9.17, 15) is 4.39 Å². The lowest BCUT2D eigenvalue weighted by Gasteiger charge is -2.04. The van der Waals surface area contributed by atoms with Gasteiger partial charge in [-0.05, 0) is 43.7 Å². The molecule has 0 radical (unpaired) electrons. The molecule has 0 aliphatic heterocycles. The molecule has 1 nitrogen and oxygen atoms in total. The Bertz CT molecular complexity index is 289. The van der Waals surface area contributed by atoms with Crippen molar-refractivity contribution in [3.63, 3.8) is 0 Å². The first-order chi connectivity index (χ1) is 7.18. The van der Waals surface area contributed by atoms with Crippen molar-refractivity contribution < 1.29 is 4.39 Å². The number of halogens is 1. The zero-order chi connectivity index (χ0) is 11.1. The SMILES string of the molecule is CC(N)CCCCSc1cccc(F)c1. The predicted molar refractivity (Wildman–Crippen MR) is 64.6 cm³/mol. The van der Waals surface area contributed by atoms with Crippen LogP contribution in [0.4, 0.5) is 4.39 Å². The molecule has 1 unspecified atom stereocenters. The molecule has 1 atom stereocenters. The second-order valence-electron chi connectivity index (χ2n) is 3.78. The highest BCUT2D eigenvalue weighted by Crippen LogP contribution is 2.20. The average Bonchev–Trinajstić information content (AvgIpc) is 2.17. The highest BCUT2D eigenvalue weighted by molar-refractivity contribution is 7.99. The Labute approximate surface area is 95.2 Å². The average molecular weight is 227 g/mol. The van der Waals surface area contributed by atoms with Crippen LogP contribution in [0.1, 0.15) is 26.2 Å². The Morgan fingerprint density at radius 2 is 2.20 bits per heavy atom. The largest absolute Gasteiger partial charge is 0.328 e. The van der Waals surface area contributed by atoms with E-state index >= 15 is 0 Å². The third kappa shape index (κ3) is 5.80. The zero-order valence-corrected chi connectivity index (χ0v) is 9.90. The summed E-state index contributed by atoms with van der Waals surface area (Å²) >= 11 is 1.71. The third-order valence-corrected chi connectivity index (χ3v) is 3.20. The van der Waals surface area contributed by atoms with Gasteiger partial charge in [0.05, 0.1) is 0 Å². The minimum atomic E-state index is -0.157. The number of benzene rings is 1. The summed E-state index contributed by atoms with van der Waals surface area (Å²) in [6, 6.07) is 7.04. The van der Waals surface area contributed by atoms with E-state index in [-0.39, 0.29) is 5.82 Å². The first kappa shape index (κ1) is 12.5. The molecule has 0 fully saturated rings. The van der Waals surface area contributed by atoms with Crippen LogP contribution < -0.4 is 5.73 Å². The quantitative estimate of drug-likeness (QED) is 0.595. The van der Waals surface area contributed by atoms with Gasteiger partial charge in [0.25, 0.3) is 0 Å². The van der Waals surface area contributed by atoms with Crippen molar-refractivity contribution in [2.75, 3.05) is 5.75 Å². The van der Waals surface area contributed by atoms with Gasteiger partial charge in [-0.25, -0.2) is 4.39 Å². The van der Waals surface area contributed by atoms with Gasteiger partial charge in [0.1, 0.15) is 5.82 Å². The molecule has 0 amide bonds. The van der Waals surface area contributed by atoms with Crippen molar-refractivity contribution in [1.82, 2.24) is 0 Å². The second kappa shape index (κ2) is 6.85. The fourth-order valence-electron chi connectivity index (χ4n) is 1.32. The van der Waals surface area contributed by atoms with Crippen LogP contribution in [0.3, 0.4) is 0 Å². The molecule has 0 heterocycles. The van der Waals surface area contributed by atoms with Crippen molar-refractivity contribution in [3.05, 3.63) is 30.1 Å². The molecule has 1 aromatic rings. The summed E-state index contributed by atoms with van der Waals surface area (Å²) in [6.45, 7) is 2.03. The minimum Gasteiger partial charge on any atom is -0.328 e. The van der Waals surface area contributed by atoms with E-state index in [2.05, 4.69) is 0 Å². The maximum Gasteiger partial charge on any atom is 0.124 e. The summed E-state index contributed by atoms with van der Waals surface area (Å²) in [5.41, 5.74) is 5.65. The Hall–Kier alpha value is -0.540. The van der Waals surface area contributed by atoms with Crippen molar-refractivity contribution in [2.45, 2.75) is 37.1 Å². The lowest BCUT2D eigenvalue weighted by atomic mass is 10.2. The number of rotatable bonds is 6. The summed E-state index contributed by atoms with van der Waals surface area (Å²) in [5.74, 6) is 0.881. The first-order valence-electron chi connectivity index (χ1n) is 5.32. The molecule has 1 rings (SSSR count). The van der Waals surface area contributed by atoms with Crippen LogP contribution in [0.15, 0.2) is 29.2 Å². The fourth-order valence-corrected chi connectivity index (χ4v) is 2.27. The van der Waals surface area contributed by atoms with Gasteiger partial charge < -0.3 is 5.73 Å². The van der Waals surface area contributed by atoms with Gasteiger partial charge in [0.15, 0.2) is 0 Å². The second-order valence-corrected chi connectivity index (χ2v) is 4.95. The maximum atomic E-state index is 12.8. The van der Waals surface area contributed by atoms with Gasteiger partial charge in [0.2, 0.25) is 0 Å². The van der Waals surface area contributed by atoms with Crippen molar-refractivity contribution >= 4 is 11.8 Å². The Morgan fingerprint density at radius 1 is 1.40 bits per heavy atom. The topological polar surface area (TPSA) is 26.0 Å². The molecule has 0 aromatic heterocycles. The van der Waals surface area contributed by atoms with Crippen LogP contribution >= 0.6 is 11.8 Å². The van der Waals surface area contributed by atoms with Gasteiger partial charge in [-0.2, -0.15) is 0 Å². The highest BCUT2D eigenvalue weighted by Gasteiger charge is 1.97. The maximum absolute atomic E-state index is 12.8. The minimum absolute atomic E-state index is 0.157. The van der Waals surface area contributed by atoms with E-state index in [1.54, 1.807) is 23.9 Å². The van der Waals surface area contributed by atoms with Crippen LogP contribution in [0.25, 0.3) is 0 Å². The van der Waals surface area contributed by atoms with Crippen molar-refractivity contribution in [2.24, 2.45) is 5.73 Å². The predicted octanol–water partition coefficient (Wildman–Crippen LogP) is 3.44. The van der Waals surface area contributed by atoms with Gasteiger partial charge >= 0.3 is 0 Å². The van der Waals surface area contributed by atoms with Gasteiger partial charge in [-0.15, -0.1) is 11.8 Å². The summed E-state index contributed by atoms with van der Waals surface area (Å²) < 4.78 is 12.8. The molecular weight excluding hydrogens is 209 g/mol. The van der Waals surface area contributed by atoms with Gasteiger partial charge in [-0.3, -0.25) is 0 Å². The number of unbranched alkanes of at least 4 members (excludes halogenated alkanes) is 1. The molecule has 0 aliphatic carbocycles. The van der Waals surface area contributed by atoms with E-state index in [0.717, 1.165) is 29.9 Å². The van der Waals surface area contributed by atoms with Crippen molar-refractivity contribution in [1.29, 1.82) is 0 Å². The lowest BCUT2D eigenvalue weighted by molar-refractivity contribution is 0.618. The Balaban J connectivity index is 2.15.